The number of nitrogens with one attached hydrogen (secondary N) is 1. The molecule has 2 aromatic rings. The molecule has 1 unspecified atom stereocenters. The van der Waals surface area contributed by atoms with Crippen molar-refractivity contribution in [2.45, 2.75) is 6.04 Å². The average molecular weight is 327 g/mol. The van der Waals surface area contributed by atoms with Crippen LogP contribution >= 0.6 is 15.9 Å². The Morgan fingerprint density at radius 2 is 1.79 bits per heavy atom. The highest BCUT2D eigenvalue weighted by atomic mass is 79.9. The van der Waals surface area contributed by atoms with Crippen LogP contribution < -0.4 is 11.1 Å². The zero-order valence-electron chi connectivity index (χ0n) is 10.0. The number of halogens is 3. The summed E-state index contributed by atoms with van der Waals surface area (Å²) in [4.78, 5) is 0. The maximum atomic E-state index is 13.7. The number of benzene rings is 2. The van der Waals surface area contributed by atoms with Crippen molar-refractivity contribution in [3.63, 3.8) is 0 Å². The molecule has 1 atom stereocenters. The zero-order valence-corrected chi connectivity index (χ0v) is 11.6. The molecule has 0 saturated carbocycles. The number of nitrogens with two attached hydrogens (primary N) is 1. The van der Waals surface area contributed by atoms with Crippen LogP contribution in [0.1, 0.15) is 11.6 Å². The smallest absolute Gasteiger partial charge is 0.128 e. The molecule has 2 nitrogen and oxygen atoms in total. The predicted octanol–water partition coefficient (Wildman–Crippen LogP) is 3.84. The van der Waals surface area contributed by atoms with E-state index >= 15 is 0 Å². The van der Waals surface area contributed by atoms with E-state index in [2.05, 4.69) is 21.2 Å². The Bertz CT molecular complexity index is 558. The van der Waals surface area contributed by atoms with E-state index in [1.807, 2.05) is 24.3 Å². The highest BCUT2D eigenvalue weighted by Gasteiger charge is 2.15. The highest BCUT2D eigenvalue weighted by Crippen LogP contribution is 2.23. The molecule has 0 aromatic heterocycles. The summed E-state index contributed by atoms with van der Waals surface area (Å²) in [5.41, 5.74) is 6.66. The van der Waals surface area contributed by atoms with Gasteiger partial charge >= 0.3 is 0 Å². The van der Waals surface area contributed by atoms with E-state index in [-0.39, 0.29) is 12.1 Å². The first kappa shape index (κ1) is 14.0. The Balaban J connectivity index is 2.24. The van der Waals surface area contributed by atoms with Crippen LogP contribution in [0, 0.1) is 11.6 Å². The second-order valence-corrected chi connectivity index (χ2v) is 5.02. The van der Waals surface area contributed by atoms with Gasteiger partial charge < -0.3 is 11.1 Å². The van der Waals surface area contributed by atoms with Gasteiger partial charge in [-0.25, -0.2) is 8.78 Å². The molecule has 0 heterocycles. The topological polar surface area (TPSA) is 38.0 Å². The molecular weight excluding hydrogens is 314 g/mol. The normalized spacial score (nSPS) is 12.2. The van der Waals surface area contributed by atoms with Gasteiger partial charge in [-0.3, -0.25) is 0 Å². The van der Waals surface area contributed by atoms with Crippen LogP contribution in [0.3, 0.4) is 0 Å². The minimum atomic E-state index is -0.479. The molecule has 0 radical (unpaired) electrons. The van der Waals surface area contributed by atoms with E-state index < -0.39 is 17.7 Å². The summed E-state index contributed by atoms with van der Waals surface area (Å²) in [5.74, 6) is -0.950. The van der Waals surface area contributed by atoms with E-state index in [0.29, 0.717) is 0 Å². The fourth-order valence-electron chi connectivity index (χ4n) is 1.79. The lowest BCUT2D eigenvalue weighted by molar-refractivity contribution is 0.572. The quantitative estimate of drug-likeness (QED) is 0.895. The molecule has 0 amide bonds. The minimum Gasteiger partial charge on any atom is -0.377 e. The van der Waals surface area contributed by atoms with Crippen LogP contribution in [-0.2, 0) is 0 Å². The van der Waals surface area contributed by atoms with Crippen LogP contribution in [0.5, 0.6) is 0 Å². The monoisotopic (exact) mass is 326 g/mol. The van der Waals surface area contributed by atoms with E-state index in [1.54, 1.807) is 0 Å². The Hall–Kier alpha value is -1.46. The molecule has 0 fully saturated rings. The summed E-state index contributed by atoms with van der Waals surface area (Å²) < 4.78 is 27.8. The van der Waals surface area contributed by atoms with Crippen LogP contribution in [0.4, 0.5) is 14.5 Å². The molecule has 0 spiro atoms. The number of anilines is 1. The summed E-state index contributed by atoms with van der Waals surface area (Å²) in [6.45, 7) is 0.163. The Morgan fingerprint density at radius 1 is 1.11 bits per heavy atom. The molecule has 0 saturated heterocycles. The van der Waals surface area contributed by atoms with Crippen molar-refractivity contribution in [1.82, 2.24) is 0 Å². The van der Waals surface area contributed by atoms with Crippen molar-refractivity contribution in [2.24, 2.45) is 5.73 Å². The van der Waals surface area contributed by atoms with Crippen molar-refractivity contribution in [1.29, 1.82) is 0 Å². The fourth-order valence-corrected chi connectivity index (χ4v) is 2.06. The fraction of sp³-hybridized carbons (Fsp3) is 0.143. The van der Waals surface area contributed by atoms with Gasteiger partial charge in [0.2, 0.25) is 0 Å². The van der Waals surface area contributed by atoms with E-state index in [4.69, 9.17) is 5.73 Å². The number of hydrogen-bond donors (Lipinski definition) is 2. The molecular formula is C14H13BrF2N2. The summed E-state index contributed by atoms with van der Waals surface area (Å²) in [6.07, 6.45) is 0. The molecule has 5 heteroatoms. The number of hydrogen-bond acceptors (Lipinski definition) is 2. The van der Waals surface area contributed by atoms with E-state index in [9.17, 15) is 8.78 Å². The van der Waals surface area contributed by atoms with Gasteiger partial charge in [0.1, 0.15) is 11.6 Å². The molecule has 19 heavy (non-hydrogen) atoms. The Labute approximate surface area is 118 Å². The van der Waals surface area contributed by atoms with Crippen LogP contribution in [0.2, 0.25) is 0 Å². The van der Waals surface area contributed by atoms with Crippen molar-refractivity contribution in [2.75, 3.05) is 11.9 Å². The third-order valence-electron chi connectivity index (χ3n) is 2.75. The molecule has 0 bridgehead atoms. The Morgan fingerprint density at radius 3 is 2.42 bits per heavy atom. The zero-order chi connectivity index (χ0) is 13.8. The third kappa shape index (κ3) is 3.52. The molecule has 2 rings (SSSR count). The first-order chi connectivity index (χ1) is 9.10. The van der Waals surface area contributed by atoms with Gasteiger partial charge in [-0.15, -0.1) is 0 Å². The standard InChI is InChI=1S/C14H13BrF2N2/c15-9-1-4-11(5-2-9)19-14(8-18)12-7-10(16)3-6-13(12)17/h1-7,14,19H,8,18H2. The predicted molar refractivity (Wildman–Crippen MR) is 75.9 cm³/mol. The summed E-state index contributed by atoms with van der Waals surface area (Å²) in [5, 5.41) is 3.09. The summed E-state index contributed by atoms with van der Waals surface area (Å²) in [7, 11) is 0. The third-order valence-corrected chi connectivity index (χ3v) is 3.28. The lowest BCUT2D eigenvalue weighted by Gasteiger charge is -2.19. The van der Waals surface area contributed by atoms with Crippen LogP contribution in [0.25, 0.3) is 0 Å². The summed E-state index contributed by atoms with van der Waals surface area (Å²) >= 11 is 3.33. The van der Waals surface area contributed by atoms with Crippen molar-refractivity contribution < 1.29 is 8.78 Å². The molecule has 3 N–H and O–H groups in total. The molecule has 100 valence electrons. The second-order valence-electron chi connectivity index (χ2n) is 4.11. The maximum Gasteiger partial charge on any atom is 0.128 e. The van der Waals surface area contributed by atoms with Crippen LogP contribution in [-0.4, -0.2) is 6.54 Å². The summed E-state index contributed by atoms with van der Waals surface area (Å²) in [6, 6.07) is 10.3. The lowest BCUT2D eigenvalue weighted by Crippen LogP contribution is -2.21. The molecule has 0 aliphatic carbocycles. The van der Waals surface area contributed by atoms with Crippen molar-refractivity contribution >= 4 is 21.6 Å². The SMILES string of the molecule is NCC(Nc1ccc(Br)cc1)c1cc(F)ccc1F. The highest BCUT2D eigenvalue weighted by molar-refractivity contribution is 9.10. The van der Waals surface area contributed by atoms with Crippen LogP contribution in [0.15, 0.2) is 46.9 Å². The second kappa shape index (κ2) is 6.12. The number of rotatable bonds is 4. The largest absolute Gasteiger partial charge is 0.377 e. The van der Waals surface area contributed by atoms with Gasteiger partial charge in [-0.1, -0.05) is 15.9 Å². The van der Waals surface area contributed by atoms with Gasteiger partial charge in [0.15, 0.2) is 0 Å². The first-order valence-corrected chi connectivity index (χ1v) is 6.56. The molecule has 0 aliphatic heterocycles. The van der Waals surface area contributed by atoms with Crippen molar-refractivity contribution in [3.05, 3.63) is 64.1 Å². The maximum absolute atomic E-state index is 13.7. The lowest BCUT2D eigenvalue weighted by atomic mass is 10.1. The molecule has 0 aliphatic rings. The Kier molecular flexibility index (Phi) is 4.50. The van der Waals surface area contributed by atoms with E-state index in [1.165, 1.54) is 6.07 Å². The van der Waals surface area contributed by atoms with Gasteiger partial charge in [0.25, 0.3) is 0 Å². The van der Waals surface area contributed by atoms with Gasteiger partial charge in [0, 0.05) is 22.3 Å². The van der Waals surface area contributed by atoms with Gasteiger partial charge in [0.05, 0.1) is 6.04 Å². The molecule has 2 aromatic carbocycles. The van der Waals surface area contributed by atoms with Gasteiger partial charge in [-0.2, -0.15) is 0 Å². The first-order valence-electron chi connectivity index (χ1n) is 5.77. The average Bonchev–Trinajstić information content (AvgIpc) is 2.41. The van der Waals surface area contributed by atoms with E-state index in [0.717, 1.165) is 22.3 Å². The van der Waals surface area contributed by atoms with Crippen molar-refractivity contribution in [3.8, 4) is 0 Å². The van der Waals surface area contributed by atoms with Gasteiger partial charge in [-0.05, 0) is 42.5 Å². The minimum absolute atomic E-state index is 0.163.